The Morgan fingerprint density at radius 1 is 1.43 bits per heavy atom. The Morgan fingerprint density at radius 3 is 2.86 bits per heavy atom. The third-order valence-corrected chi connectivity index (χ3v) is 3.89. The summed E-state index contributed by atoms with van der Waals surface area (Å²) in [5.41, 5.74) is 1.08. The highest BCUT2D eigenvalue weighted by atomic mass is 32.2. The zero-order chi connectivity index (χ0) is 15.4. The summed E-state index contributed by atoms with van der Waals surface area (Å²) in [6, 6.07) is 5.39. The van der Waals surface area contributed by atoms with E-state index >= 15 is 0 Å². The smallest absolute Gasteiger partial charge is 0.335 e. The first-order chi connectivity index (χ1) is 9.95. The van der Waals surface area contributed by atoms with Crippen molar-refractivity contribution >= 4 is 17.7 Å². The molecule has 5 nitrogen and oxygen atoms in total. The topological polar surface area (TPSA) is 76.2 Å². The van der Waals surface area contributed by atoms with Gasteiger partial charge in [-0.2, -0.15) is 4.98 Å². The summed E-state index contributed by atoms with van der Waals surface area (Å²) in [6.07, 6.45) is 0.769. The second-order valence-electron chi connectivity index (χ2n) is 5.27. The highest BCUT2D eigenvalue weighted by Gasteiger charge is 2.11. The van der Waals surface area contributed by atoms with E-state index in [1.54, 1.807) is 13.0 Å². The summed E-state index contributed by atoms with van der Waals surface area (Å²) in [5, 5.41) is 13.0. The predicted octanol–water partition coefficient (Wildman–Crippen LogP) is 3.57. The second-order valence-corrected chi connectivity index (χ2v) is 6.32. The van der Waals surface area contributed by atoms with Crippen LogP contribution < -0.4 is 0 Å². The van der Waals surface area contributed by atoms with Crippen molar-refractivity contribution in [3.05, 3.63) is 41.0 Å². The number of hydrogen-bond donors (Lipinski definition) is 1. The third-order valence-electron chi connectivity index (χ3n) is 2.90. The lowest BCUT2D eigenvalue weighted by atomic mass is 10.1. The number of hydrogen-bond acceptors (Lipinski definition) is 5. The number of aryl methyl sites for hydroxylation is 1. The minimum Gasteiger partial charge on any atom is -0.478 e. The summed E-state index contributed by atoms with van der Waals surface area (Å²) in [6.45, 7) is 5.98. The molecule has 1 N–H and O–H groups in total. The number of aromatic nitrogens is 2. The molecule has 1 heterocycles. The Balaban J connectivity index is 2.01. The molecule has 0 bridgehead atoms. The summed E-state index contributed by atoms with van der Waals surface area (Å²) in [4.78, 5) is 16.3. The Morgan fingerprint density at radius 2 is 2.19 bits per heavy atom. The molecule has 112 valence electrons. The molecule has 0 amide bonds. The molecule has 0 aliphatic heterocycles. The van der Waals surface area contributed by atoms with Gasteiger partial charge in [-0.3, -0.25) is 0 Å². The summed E-state index contributed by atoms with van der Waals surface area (Å²) in [7, 11) is 0. The maximum atomic E-state index is 11.1. The summed E-state index contributed by atoms with van der Waals surface area (Å²) >= 11 is 1.50. The van der Waals surface area contributed by atoms with E-state index in [9.17, 15) is 4.79 Å². The minimum atomic E-state index is -0.909. The van der Waals surface area contributed by atoms with Crippen molar-refractivity contribution < 1.29 is 14.4 Å². The first-order valence-electron chi connectivity index (χ1n) is 6.74. The average Bonchev–Trinajstić information content (AvgIpc) is 2.84. The lowest BCUT2D eigenvalue weighted by Crippen LogP contribution is -1.99. The first kappa shape index (κ1) is 15.6. The maximum absolute atomic E-state index is 11.1. The van der Waals surface area contributed by atoms with E-state index in [0.717, 1.165) is 16.9 Å². The van der Waals surface area contributed by atoms with Gasteiger partial charge in [0.15, 0.2) is 5.82 Å². The normalized spacial score (nSPS) is 11.0. The zero-order valence-corrected chi connectivity index (χ0v) is 13.1. The number of carboxylic acid groups (broad SMARTS) is 1. The number of carboxylic acids is 1. The van der Waals surface area contributed by atoms with Gasteiger partial charge >= 0.3 is 5.97 Å². The van der Waals surface area contributed by atoms with E-state index in [1.165, 1.54) is 11.8 Å². The molecule has 6 heteroatoms. The van der Waals surface area contributed by atoms with Crippen LogP contribution in [-0.2, 0) is 12.2 Å². The largest absolute Gasteiger partial charge is 0.478 e. The molecule has 0 aliphatic rings. The molecule has 0 atom stereocenters. The fourth-order valence-corrected chi connectivity index (χ4v) is 2.63. The number of rotatable bonds is 6. The number of benzene rings is 1. The molecule has 1 aromatic carbocycles. The molecule has 2 rings (SSSR count). The number of aromatic carboxylic acids is 1. The van der Waals surface area contributed by atoms with Crippen LogP contribution in [0.25, 0.3) is 0 Å². The molecule has 2 aromatic rings. The van der Waals surface area contributed by atoms with Crippen molar-refractivity contribution in [2.45, 2.75) is 37.8 Å². The molecule has 21 heavy (non-hydrogen) atoms. The van der Waals surface area contributed by atoms with Gasteiger partial charge in [0.1, 0.15) is 0 Å². The first-order valence-corrected chi connectivity index (χ1v) is 7.72. The van der Waals surface area contributed by atoms with Gasteiger partial charge in [0.25, 0.3) is 0 Å². The number of nitrogens with zero attached hydrogens (tertiary/aromatic N) is 2. The molecule has 0 unspecified atom stereocenters. The van der Waals surface area contributed by atoms with Crippen molar-refractivity contribution in [2.75, 3.05) is 0 Å². The lowest BCUT2D eigenvalue weighted by molar-refractivity contribution is 0.0696. The lowest BCUT2D eigenvalue weighted by Gasteiger charge is -2.04. The van der Waals surface area contributed by atoms with E-state index in [2.05, 4.69) is 24.0 Å². The van der Waals surface area contributed by atoms with Crippen molar-refractivity contribution in [1.29, 1.82) is 0 Å². The second kappa shape index (κ2) is 6.76. The number of thioether (sulfide) groups is 1. The van der Waals surface area contributed by atoms with Crippen molar-refractivity contribution in [3.63, 3.8) is 0 Å². The van der Waals surface area contributed by atoms with Crippen LogP contribution in [-0.4, -0.2) is 21.2 Å². The Kier molecular flexibility index (Phi) is 5.01. The molecule has 0 radical (unpaired) electrons. The quantitative estimate of drug-likeness (QED) is 0.822. The molecule has 0 fully saturated rings. The van der Waals surface area contributed by atoms with Crippen LogP contribution in [0.3, 0.4) is 0 Å². The van der Waals surface area contributed by atoms with Crippen molar-refractivity contribution in [3.8, 4) is 0 Å². The van der Waals surface area contributed by atoms with Gasteiger partial charge in [0, 0.05) is 11.3 Å². The molecule has 0 saturated carbocycles. The Bertz CT molecular complexity index is 638. The maximum Gasteiger partial charge on any atom is 0.335 e. The highest BCUT2D eigenvalue weighted by Crippen LogP contribution is 2.24. The standard InChI is InChI=1S/C15H18N2O3S/c1-9(2)6-14-16-13(17-20-14)8-21-11-5-4-10(3)12(7-11)15(18)19/h4-5,7,9H,6,8H2,1-3H3,(H,18,19). The molecular weight excluding hydrogens is 288 g/mol. The van der Waals surface area contributed by atoms with E-state index in [0.29, 0.717) is 28.9 Å². The van der Waals surface area contributed by atoms with Gasteiger partial charge in [-0.1, -0.05) is 25.1 Å². The van der Waals surface area contributed by atoms with Gasteiger partial charge < -0.3 is 9.63 Å². The van der Waals surface area contributed by atoms with Gasteiger partial charge in [-0.25, -0.2) is 4.79 Å². The van der Waals surface area contributed by atoms with Crippen LogP contribution in [0.4, 0.5) is 0 Å². The average molecular weight is 306 g/mol. The fourth-order valence-electron chi connectivity index (χ4n) is 1.85. The Hall–Kier alpha value is -1.82. The molecule has 1 aromatic heterocycles. The van der Waals surface area contributed by atoms with Gasteiger partial charge in [0.2, 0.25) is 5.89 Å². The fraction of sp³-hybridized carbons (Fsp3) is 0.400. The van der Waals surface area contributed by atoms with Crippen LogP contribution in [0.5, 0.6) is 0 Å². The van der Waals surface area contributed by atoms with Gasteiger partial charge in [0.05, 0.1) is 11.3 Å². The molecule has 0 spiro atoms. The third kappa shape index (κ3) is 4.32. The Labute approximate surface area is 127 Å². The predicted molar refractivity (Wildman–Crippen MR) is 80.5 cm³/mol. The SMILES string of the molecule is Cc1ccc(SCc2noc(CC(C)C)n2)cc1C(=O)O. The minimum absolute atomic E-state index is 0.327. The molecular formula is C15H18N2O3S. The summed E-state index contributed by atoms with van der Waals surface area (Å²) < 4.78 is 5.18. The van der Waals surface area contributed by atoms with Crippen LogP contribution in [0.15, 0.2) is 27.6 Å². The van der Waals surface area contributed by atoms with E-state index in [-0.39, 0.29) is 0 Å². The molecule has 0 aliphatic carbocycles. The van der Waals surface area contributed by atoms with Crippen LogP contribution in [0.1, 0.15) is 41.5 Å². The van der Waals surface area contributed by atoms with Gasteiger partial charge in [-0.15, -0.1) is 11.8 Å². The van der Waals surface area contributed by atoms with Crippen molar-refractivity contribution in [2.24, 2.45) is 5.92 Å². The van der Waals surface area contributed by atoms with Crippen LogP contribution >= 0.6 is 11.8 Å². The van der Waals surface area contributed by atoms with Crippen LogP contribution in [0.2, 0.25) is 0 Å². The van der Waals surface area contributed by atoms with Crippen molar-refractivity contribution in [1.82, 2.24) is 10.1 Å². The van der Waals surface area contributed by atoms with Gasteiger partial charge in [-0.05, 0) is 30.5 Å². The monoisotopic (exact) mass is 306 g/mol. The van der Waals surface area contributed by atoms with E-state index < -0.39 is 5.97 Å². The summed E-state index contributed by atoms with van der Waals surface area (Å²) in [5.74, 6) is 1.41. The van der Waals surface area contributed by atoms with E-state index in [1.807, 2.05) is 12.1 Å². The number of carbonyl (C=O) groups is 1. The highest BCUT2D eigenvalue weighted by molar-refractivity contribution is 7.98. The van der Waals surface area contributed by atoms with Crippen LogP contribution in [0, 0.1) is 12.8 Å². The zero-order valence-electron chi connectivity index (χ0n) is 12.3. The molecule has 0 saturated heterocycles. The van der Waals surface area contributed by atoms with E-state index in [4.69, 9.17) is 9.63 Å².